The number of nitrogens with one attached hydrogen (secondary N) is 1. The first-order valence-electron chi connectivity index (χ1n) is 6.68. The lowest BCUT2D eigenvalue weighted by molar-refractivity contribution is 0.0974. The van der Waals surface area contributed by atoms with E-state index in [2.05, 4.69) is 22.8 Å². The van der Waals surface area contributed by atoms with Crippen molar-refractivity contribution in [2.24, 2.45) is 0 Å². The molecule has 1 atom stereocenters. The predicted molar refractivity (Wildman–Crippen MR) is 83.6 cm³/mol. The molecule has 0 spiro atoms. The van der Waals surface area contributed by atoms with Gasteiger partial charge in [-0.2, -0.15) is 0 Å². The average molecular weight is 279 g/mol. The van der Waals surface area contributed by atoms with Gasteiger partial charge in [-0.1, -0.05) is 36.4 Å². The van der Waals surface area contributed by atoms with Crippen LogP contribution < -0.4 is 5.32 Å². The Morgan fingerprint density at radius 1 is 1.05 bits per heavy atom. The molecular weight excluding hydrogens is 266 g/mol. The van der Waals surface area contributed by atoms with Crippen molar-refractivity contribution in [1.82, 2.24) is 0 Å². The molecule has 1 N–H and O–H groups in total. The summed E-state index contributed by atoms with van der Waals surface area (Å²) in [5, 5.41) is 7.73. The van der Waals surface area contributed by atoms with E-state index >= 15 is 0 Å². The molecule has 1 aliphatic heterocycles. The number of Topliss-reactive ketones (excluding diaryl/α,β-unsaturated/α-hetero) is 1. The smallest absolute Gasteiger partial charge is 0.168 e. The average Bonchev–Trinajstić information content (AvgIpc) is 3.01. The number of benzene rings is 2. The van der Waals surface area contributed by atoms with Crippen molar-refractivity contribution < 1.29 is 4.79 Å². The van der Waals surface area contributed by atoms with Gasteiger partial charge in [0.05, 0.1) is 6.04 Å². The summed E-state index contributed by atoms with van der Waals surface area (Å²) in [6.45, 7) is 0. The summed E-state index contributed by atoms with van der Waals surface area (Å²) in [6.07, 6.45) is 0.529. The van der Waals surface area contributed by atoms with Gasteiger partial charge in [-0.25, -0.2) is 0 Å². The Kier molecular flexibility index (Phi) is 2.60. The lowest BCUT2D eigenvalue weighted by atomic mass is 9.91. The van der Waals surface area contributed by atoms with E-state index in [1.54, 1.807) is 11.3 Å². The van der Waals surface area contributed by atoms with Crippen LogP contribution in [0.5, 0.6) is 0 Å². The van der Waals surface area contributed by atoms with E-state index in [9.17, 15) is 4.79 Å². The van der Waals surface area contributed by atoms with Gasteiger partial charge < -0.3 is 5.32 Å². The minimum absolute atomic E-state index is 0.108. The molecule has 2 nitrogen and oxygen atoms in total. The number of carbonyl (C=O) groups excluding carboxylic acids is 1. The molecular formula is C17H13NOS. The Morgan fingerprint density at radius 3 is 2.80 bits per heavy atom. The first-order chi connectivity index (χ1) is 9.83. The zero-order chi connectivity index (χ0) is 13.5. The third-order valence-electron chi connectivity index (χ3n) is 3.81. The van der Waals surface area contributed by atoms with Gasteiger partial charge in [-0.15, -0.1) is 11.3 Å². The maximum absolute atomic E-state index is 12.6. The van der Waals surface area contributed by atoms with E-state index in [1.165, 1.54) is 4.88 Å². The number of anilines is 1. The lowest BCUT2D eigenvalue weighted by Gasteiger charge is -2.26. The fraction of sp³-hybridized carbons (Fsp3) is 0.118. The Balaban J connectivity index is 1.86. The van der Waals surface area contributed by atoms with Crippen LogP contribution in [0.2, 0.25) is 0 Å². The van der Waals surface area contributed by atoms with Gasteiger partial charge in [-0.05, 0) is 28.3 Å². The summed E-state index contributed by atoms with van der Waals surface area (Å²) in [7, 11) is 0. The highest BCUT2D eigenvalue weighted by atomic mass is 32.1. The Hall–Kier alpha value is -2.13. The van der Waals surface area contributed by atoms with E-state index in [4.69, 9.17) is 0 Å². The van der Waals surface area contributed by atoms with Gasteiger partial charge >= 0.3 is 0 Å². The Bertz CT molecular complexity index is 792. The van der Waals surface area contributed by atoms with Gasteiger partial charge in [-0.3, -0.25) is 4.79 Å². The van der Waals surface area contributed by atoms with Crippen molar-refractivity contribution in [2.45, 2.75) is 12.5 Å². The zero-order valence-corrected chi connectivity index (χ0v) is 11.6. The standard InChI is InChI=1S/C17H13NOS/c19-15-10-14(16-6-3-9-20-16)18-13-8-7-11-4-1-2-5-12(11)17(13)15/h1-9,14,18H,10H2/t14-/m0/s1. The summed E-state index contributed by atoms with van der Waals surface area (Å²) in [6, 6.07) is 16.4. The maximum Gasteiger partial charge on any atom is 0.168 e. The zero-order valence-electron chi connectivity index (χ0n) is 10.8. The summed E-state index contributed by atoms with van der Waals surface area (Å²) in [5.74, 6) is 0.231. The largest absolute Gasteiger partial charge is 0.376 e. The third kappa shape index (κ3) is 1.74. The molecule has 2 aromatic carbocycles. The van der Waals surface area contributed by atoms with Gasteiger partial charge in [0, 0.05) is 22.5 Å². The number of hydrogen-bond acceptors (Lipinski definition) is 3. The van der Waals surface area contributed by atoms with Crippen LogP contribution in [0, 0.1) is 0 Å². The first-order valence-corrected chi connectivity index (χ1v) is 7.56. The number of ketones is 1. The first kappa shape index (κ1) is 11.7. The van der Waals surface area contributed by atoms with E-state index in [1.807, 2.05) is 36.4 Å². The van der Waals surface area contributed by atoms with Crippen molar-refractivity contribution >= 4 is 33.6 Å². The SMILES string of the molecule is O=C1C[C@@H](c2cccs2)Nc2ccc3ccccc3c21. The number of thiophene rings is 1. The molecule has 3 aromatic rings. The number of fused-ring (bicyclic) bond motifs is 3. The van der Waals surface area contributed by atoms with Crippen LogP contribution in [0.25, 0.3) is 10.8 Å². The van der Waals surface area contributed by atoms with E-state index in [0.29, 0.717) is 6.42 Å². The molecule has 0 amide bonds. The Morgan fingerprint density at radius 2 is 1.95 bits per heavy atom. The molecule has 2 heterocycles. The van der Waals surface area contributed by atoms with Gasteiger partial charge in [0.2, 0.25) is 0 Å². The molecule has 1 aliphatic rings. The predicted octanol–water partition coefficient (Wildman–Crippen LogP) is 4.64. The molecule has 20 heavy (non-hydrogen) atoms. The van der Waals surface area contributed by atoms with Crippen molar-refractivity contribution in [3.8, 4) is 0 Å². The van der Waals surface area contributed by atoms with Crippen molar-refractivity contribution in [3.05, 3.63) is 64.4 Å². The van der Waals surface area contributed by atoms with Crippen LogP contribution in [-0.4, -0.2) is 5.78 Å². The monoisotopic (exact) mass is 279 g/mol. The Labute approximate surface area is 121 Å². The highest BCUT2D eigenvalue weighted by Gasteiger charge is 2.27. The van der Waals surface area contributed by atoms with E-state index < -0.39 is 0 Å². The molecule has 0 bridgehead atoms. The van der Waals surface area contributed by atoms with Gasteiger partial charge in [0.15, 0.2) is 5.78 Å². The minimum Gasteiger partial charge on any atom is -0.376 e. The lowest BCUT2D eigenvalue weighted by Crippen LogP contribution is -2.22. The third-order valence-corrected chi connectivity index (χ3v) is 4.80. The second-order valence-electron chi connectivity index (χ2n) is 5.05. The van der Waals surface area contributed by atoms with Crippen molar-refractivity contribution in [3.63, 3.8) is 0 Å². The quantitative estimate of drug-likeness (QED) is 0.703. The van der Waals surface area contributed by atoms with Crippen LogP contribution in [0.15, 0.2) is 53.9 Å². The molecule has 3 heteroatoms. The highest BCUT2D eigenvalue weighted by Crippen LogP contribution is 2.37. The van der Waals surface area contributed by atoms with Gasteiger partial charge in [0.1, 0.15) is 0 Å². The number of carbonyl (C=O) groups is 1. The number of hydrogen-bond donors (Lipinski definition) is 1. The van der Waals surface area contributed by atoms with E-state index in [-0.39, 0.29) is 11.8 Å². The normalized spacial score (nSPS) is 17.8. The summed E-state index contributed by atoms with van der Waals surface area (Å²) in [5.41, 5.74) is 1.80. The molecule has 4 rings (SSSR count). The fourth-order valence-electron chi connectivity index (χ4n) is 2.88. The molecule has 0 aliphatic carbocycles. The minimum atomic E-state index is 0.108. The maximum atomic E-state index is 12.6. The van der Waals surface area contributed by atoms with Crippen LogP contribution in [0.4, 0.5) is 5.69 Å². The molecule has 0 saturated heterocycles. The van der Waals surface area contributed by atoms with Crippen molar-refractivity contribution in [1.29, 1.82) is 0 Å². The van der Waals surface area contributed by atoms with E-state index in [0.717, 1.165) is 22.0 Å². The summed E-state index contributed by atoms with van der Waals surface area (Å²) < 4.78 is 0. The van der Waals surface area contributed by atoms with Crippen LogP contribution in [-0.2, 0) is 0 Å². The molecule has 1 aromatic heterocycles. The van der Waals surface area contributed by atoms with Gasteiger partial charge in [0.25, 0.3) is 0 Å². The van der Waals surface area contributed by atoms with Crippen molar-refractivity contribution in [2.75, 3.05) is 5.32 Å². The second kappa shape index (κ2) is 4.46. The van der Waals surface area contributed by atoms with Crippen LogP contribution in [0.3, 0.4) is 0 Å². The molecule has 98 valence electrons. The number of rotatable bonds is 1. The van der Waals surface area contributed by atoms with Crippen LogP contribution >= 0.6 is 11.3 Å². The second-order valence-corrected chi connectivity index (χ2v) is 6.03. The molecule has 0 saturated carbocycles. The van der Waals surface area contributed by atoms with Crippen LogP contribution in [0.1, 0.15) is 27.7 Å². The summed E-state index contributed by atoms with van der Waals surface area (Å²) in [4.78, 5) is 13.8. The molecule has 0 unspecified atom stereocenters. The molecule has 0 fully saturated rings. The topological polar surface area (TPSA) is 29.1 Å². The summed E-state index contributed by atoms with van der Waals surface area (Å²) >= 11 is 1.70. The fourth-order valence-corrected chi connectivity index (χ4v) is 3.66. The highest BCUT2D eigenvalue weighted by molar-refractivity contribution is 7.10. The molecule has 0 radical (unpaired) electrons.